The highest BCUT2D eigenvalue weighted by Crippen LogP contribution is 2.56. The van der Waals surface area contributed by atoms with Crippen LogP contribution >= 0.6 is 0 Å². The van der Waals surface area contributed by atoms with Crippen molar-refractivity contribution in [3.05, 3.63) is 48.2 Å². The first kappa shape index (κ1) is 15.5. The summed E-state index contributed by atoms with van der Waals surface area (Å²) in [7, 11) is 0. The Morgan fingerprint density at radius 1 is 1.12 bits per heavy atom. The fourth-order valence-corrected chi connectivity index (χ4v) is 7.13. The second-order valence-corrected chi connectivity index (χ2v) is 8.88. The molecule has 2 bridgehead atoms. The summed E-state index contributed by atoms with van der Waals surface area (Å²) in [5.74, 6) is 1.65. The molecule has 4 fully saturated rings. The number of aromatic amines is 1. The predicted octanol–water partition coefficient (Wildman–Crippen LogP) is 4.13. The number of nitrogens with one attached hydrogen (secondary N) is 1. The monoisotopic (exact) mass is 347 g/mol. The minimum Gasteiger partial charge on any atom is -0.357 e. The van der Waals surface area contributed by atoms with Gasteiger partial charge in [-0.1, -0.05) is 24.3 Å². The minimum atomic E-state index is 0.608. The summed E-state index contributed by atoms with van der Waals surface area (Å²) < 4.78 is 0. The molecule has 136 valence electrons. The molecule has 5 atom stereocenters. The third-order valence-corrected chi connectivity index (χ3v) is 7.89. The lowest BCUT2D eigenvalue weighted by atomic mass is 9.60. The number of likely N-dealkylation sites (tertiary alicyclic amines) is 1. The summed E-state index contributed by atoms with van der Waals surface area (Å²) in [6.07, 6.45) is 8.95. The maximum absolute atomic E-state index is 4.04. The zero-order valence-electron chi connectivity index (χ0n) is 15.5. The third-order valence-electron chi connectivity index (χ3n) is 7.89. The van der Waals surface area contributed by atoms with Gasteiger partial charge in [0.1, 0.15) is 0 Å². The molecule has 2 aromatic rings. The topological polar surface area (TPSA) is 22.3 Å². The van der Waals surface area contributed by atoms with Crippen molar-refractivity contribution < 1.29 is 0 Å². The molecule has 5 aliphatic rings. The highest BCUT2D eigenvalue weighted by atomic mass is 15.3. The molecule has 3 saturated heterocycles. The Bertz CT molecular complexity index is 852. The molecule has 1 aromatic carbocycles. The van der Waals surface area contributed by atoms with Crippen molar-refractivity contribution in [1.29, 1.82) is 0 Å². The van der Waals surface area contributed by atoms with Crippen LogP contribution in [0.1, 0.15) is 43.0 Å². The Labute approximate surface area is 156 Å². The molecule has 7 rings (SSSR count). The smallest absolute Gasteiger partial charge is 0.0547 e. The molecule has 1 aliphatic carbocycles. The van der Waals surface area contributed by atoms with Crippen molar-refractivity contribution in [3.63, 3.8) is 0 Å². The Kier molecular flexibility index (Phi) is 3.40. The van der Waals surface area contributed by atoms with Gasteiger partial charge in [0.2, 0.25) is 0 Å². The molecule has 26 heavy (non-hydrogen) atoms. The molecule has 5 heterocycles. The highest BCUT2D eigenvalue weighted by Gasteiger charge is 2.56. The first-order valence-corrected chi connectivity index (χ1v) is 10.6. The van der Waals surface area contributed by atoms with Gasteiger partial charge in [0.25, 0.3) is 0 Å². The van der Waals surface area contributed by atoms with Crippen LogP contribution < -0.4 is 0 Å². The number of para-hydroxylation sites is 1. The minimum absolute atomic E-state index is 0.608. The van der Waals surface area contributed by atoms with Crippen LogP contribution in [0.25, 0.3) is 10.9 Å². The maximum Gasteiger partial charge on any atom is 0.0547 e. The number of aromatic nitrogens is 1. The molecule has 1 saturated carbocycles. The summed E-state index contributed by atoms with van der Waals surface area (Å²) in [5.41, 5.74) is 4.50. The van der Waals surface area contributed by atoms with Gasteiger partial charge in [-0.2, -0.15) is 0 Å². The summed E-state index contributed by atoms with van der Waals surface area (Å²) in [4.78, 5) is 9.54. The summed E-state index contributed by atoms with van der Waals surface area (Å²) in [5, 5.41) is 1.46. The van der Waals surface area contributed by atoms with E-state index in [1.807, 2.05) is 0 Å². The molecule has 3 heteroatoms. The van der Waals surface area contributed by atoms with Crippen molar-refractivity contribution >= 4 is 10.9 Å². The van der Waals surface area contributed by atoms with E-state index in [-0.39, 0.29) is 0 Å². The Balaban J connectivity index is 1.47. The molecule has 1 N–H and O–H groups in total. The van der Waals surface area contributed by atoms with E-state index in [9.17, 15) is 0 Å². The molecule has 4 aliphatic heterocycles. The van der Waals surface area contributed by atoms with Gasteiger partial charge in [-0.15, -0.1) is 6.58 Å². The van der Waals surface area contributed by atoms with Crippen LogP contribution in [0.5, 0.6) is 0 Å². The average molecular weight is 348 g/mol. The summed E-state index contributed by atoms with van der Waals surface area (Å²) in [6, 6.07) is 11.1. The van der Waals surface area contributed by atoms with Crippen LogP contribution in [-0.2, 0) is 6.42 Å². The molecule has 3 nitrogen and oxygen atoms in total. The quantitative estimate of drug-likeness (QED) is 0.826. The third kappa shape index (κ3) is 1.96. The van der Waals surface area contributed by atoms with E-state index in [1.54, 1.807) is 11.3 Å². The normalized spacial score (nSPS) is 36.5. The van der Waals surface area contributed by atoms with Crippen molar-refractivity contribution in [1.82, 2.24) is 14.8 Å². The number of H-pyrrole nitrogens is 1. The molecule has 0 spiro atoms. The van der Waals surface area contributed by atoms with Gasteiger partial charge in [-0.05, 0) is 62.1 Å². The zero-order valence-corrected chi connectivity index (χ0v) is 15.5. The molecular weight excluding hydrogens is 318 g/mol. The number of nitrogens with zero attached hydrogens (tertiary/aromatic N) is 2. The van der Waals surface area contributed by atoms with Crippen molar-refractivity contribution in [3.8, 4) is 0 Å². The van der Waals surface area contributed by atoms with Crippen LogP contribution in [0.2, 0.25) is 0 Å². The molecule has 1 aromatic heterocycles. The summed E-state index contributed by atoms with van der Waals surface area (Å²) >= 11 is 0. The molecule has 0 amide bonds. The fraction of sp³-hybridized carbons (Fsp3) is 0.565. The number of benzene rings is 1. The van der Waals surface area contributed by atoms with Crippen LogP contribution in [0.15, 0.2) is 36.9 Å². The van der Waals surface area contributed by atoms with Gasteiger partial charge in [0.05, 0.1) is 6.04 Å². The van der Waals surface area contributed by atoms with E-state index in [1.165, 1.54) is 56.1 Å². The van der Waals surface area contributed by atoms with E-state index in [2.05, 4.69) is 51.7 Å². The van der Waals surface area contributed by atoms with Gasteiger partial charge >= 0.3 is 0 Å². The fourth-order valence-electron chi connectivity index (χ4n) is 7.13. The van der Waals surface area contributed by atoms with Crippen LogP contribution in [-0.4, -0.2) is 46.5 Å². The lowest BCUT2D eigenvalue weighted by Gasteiger charge is -2.63. The first-order valence-electron chi connectivity index (χ1n) is 10.6. The SMILES string of the molecule is C=CCN1CCC[C@H]2[C@H]1[C@H]1CC[C@@H]2N2CCc3c([nH]c4ccccc34)[C@H]12. The van der Waals surface area contributed by atoms with Gasteiger partial charge in [-0.25, -0.2) is 0 Å². The first-order chi connectivity index (χ1) is 12.9. The zero-order chi connectivity index (χ0) is 17.3. The Hall–Kier alpha value is -1.58. The largest absolute Gasteiger partial charge is 0.357 e. The van der Waals surface area contributed by atoms with Crippen LogP contribution in [0.4, 0.5) is 0 Å². The maximum atomic E-state index is 4.04. The number of fused-ring (bicyclic) bond motifs is 4. The second-order valence-electron chi connectivity index (χ2n) is 8.88. The van der Waals surface area contributed by atoms with Gasteiger partial charge in [0, 0.05) is 41.8 Å². The second kappa shape index (κ2) is 5.71. The van der Waals surface area contributed by atoms with E-state index in [0.29, 0.717) is 6.04 Å². The number of rotatable bonds is 2. The molecule has 0 radical (unpaired) electrons. The van der Waals surface area contributed by atoms with Gasteiger partial charge in [0.15, 0.2) is 0 Å². The number of piperidine rings is 3. The standard InChI is InChI=1S/C23H29N3/c1-2-12-25-13-5-7-17-20-10-9-18(22(17)25)23-21-16(11-14-26(20)23)15-6-3-4-8-19(15)24-21/h2-4,6,8,17-18,20,22-24H,1,5,7,9-14H2/t17-,18-,20+,22+,23+/m1/s1. The highest BCUT2D eigenvalue weighted by molar-refractivity contribution is 5.85. The van der Waals surface area contributed by atoms with Crippen molar-refractivity contribution in [2.24, 2.45) is 11.8 Å². The average Bonchev–Trinajstić information content (AvgIpc) is 3.08. The van der Waals surface area contributed by atoms with Crippen molar-refractivity contribution in [2.75, 3.05) is 19.6 Å². The van der Waals surface area contributed by atoms with E-state index >= 15 is 0 Å². The van der Waals surface area contributed by atoms with E-state index < -0.39 is 0 Å². The predicted molar refractivity (Wildman–Crippen MR) is 106 cm³/mol. The number of hydrogen-bond donors (Lipinski definition) is 1. The lowest BCUT2D eigenvalue weighted by Crippen LogP contribution is -2.67. The summed E-state index contributed by atoms with van der Waals surface area (Å²) in [6.45, 7) is 7.63. The van der Waals surface area contributed by atoms with E-state index in [0.717, 1.165) is 30.5 Å². The lowest BCUT2D eigenvalue weighted by molar-refractivity contribution is -0.130. The van der Waals surface area contributed by atoms with Crippen LogP contribution in [0.3, 0.4) is 0 Å². The van der Waals surface area contributed by atoms with Crippen LogP contribution in [0, 0.1) is 11.8 Å². The Morgan fingerprint density at radius 2 is 2.04 bits per heavy atom. The number of hydrogen-bond acceptors (Lipinski definition) is 2. The molecular formula is C23H29N3. The van der Waals surface area contributed by atoms with Gasteiger partial charge in [-0.3, -0.25) is 9.80 Å². The van der Waals surface area contributed by atoms with E-state index in [4.69, 9.17) is 0 Å². The molecule has 0 unspecified atom stereocenters. The van der Waals surface area contributed by atoms with Gasteiger partial charge < -0.3 is 4.98 Å². The van der Waals surface area contributed by atoms with Crippen molar-refractivity contribution in [2.45, 2.75) is 50.2 Å². The Morgan fingerprint density at radius 3 is 2.96 bits per heavy atom.